The highest BCUT2D eigenvalue weighted by Crippen LogP contribution is 2.32. The van der Waals surface area contributed by atoms with Gasteiger partial charge in [-0.2, -0.15) is 0 Å². The molecule has 4 aromatic rings. The molecule has 2 aliphatic heterocycles. The van der Waals surface area contributed by atoms with Crippen molar-refractivity contribution in [2.45, 2.75) is 31.5 Å². The fraction of sp³-hybridized carbons (Fsp3) is 0.394. The van der Waals surface area contributed by atoms with Gasteiger partial charge in [-0.15, -0.1) is 0 Å². The van der Waals surface area contributed by atoms with Gasteiger partial charge in [0, 0.05) is 60.7 Å². The molecule has 2 fully saturated rings. The monoisotopic (exact) mass is 588 g/mol. The van der Waals surface area contributed by atoms with Crippen molar-refractivity contribution in [3.63, 3.8) is 0 Å². The van der Waals surface area contributed by atoms with E-state index >= 15 is 0 Å². The van der Waals surface area contributed by atoms with E-state index in [0.717, 1.165) is 91.2 Å². The summed E-state index contributed by atoms with van der Waals surface area (Å²) in [5.74, 6) is 2.00. The Kier molecular flexibility index (Phi) is 8.75. The number of halogens is 2. The Balaban J connectivity index is 1.18. The molecule has 2 aliphatic rings. The van der Waals surface area contributed by atoms with Crippen molar-refractivity contribution in [2.24, 2.45) is 0 Å². The summed E-state index contributed by atoms with van der Waals surface area (Å²) < 4.78 is 0. The van der Waals surface area contributed by atoms with Gasteiger partial charge in [0.05, 0.1) is 18.1 Å². The second-order valence-corrected chi connectivity index (χ2v) is 12.4. The topological polar surface area (TPSA) is 38.7 Å². The van der Waals surface area contributed by atoms with E-state index in [4.69, 9.17) is 33.2 Å². The Labute approximate surface area is 253 Å². The Morgan fingerprint density at radius 2 is 1.34 bits per heavy atom. The van der Waals surface area contributed by atoms with E-state index in [0.29, 0.717) is 6.04 Å². The third kappa shape index (κ3) is 6.52. The summed E-state index contributed by atoms with van der Waals surface area (Å²) in [7, 11) is 4.37. The molecule has 8 heteroatoms. The molecule has 2 saturated heterocycles. The number of nitrogens with zero attached hydrogens (tertiary/aromatic N) is 6. The molecule has 0 radical (unpaired) electrons. The Morgan fingerprint density at radius 1 is 0.756 bits per heavy atom. The molecule has 0 spiro atoms. The van der Waals surface area contributed by atoms with Crippen LogP contribution in [0.1, 0.15) is 35.8 Å². The smallest absolute Gasteiger partial charge is 0.145 e. The maximum absolute atomic E-state index is 6.23. The lowest BCUT2D eigenvalue weighted by Crippen LogP contribution is -2.47. The number of hydrogen-bond donors (Lipinski definition) is 0. The van der Waals surface area contributed by atoms with Gasteiger partial charge in [0.25, 0.3) is 0 Å². The largest absolute Gasteiger partial charge is 0.356 e. The zero-order valence-electron chi connectivity index (χ0n) is 23.9. The number of rotatable bonds is 7. The minimum atomic E-state index is 0.153. The molecule has 1 aromatic heterocycles. The molecule has 0 N–H and O–H groups in total. The fourth-order valence-corrected chi connectivity index (χ4v) is 6.55. The van der Waals surface area contributed by atoms with Crippen molar-refractivity contribution in [1.29, 1.82) is 0 Å². The molecular weight excluding hydrogens is 551 g/mol. The number of piperazine rings is 1. The van der Waals surface area contributed by atoms with Gasteiger partial charge in [0.15, 0.2) is 0 Å². The zero-order chi connectivity index (χ0) is 28.3. The van der Waals surface area contributed by atoms with Crippen molar-refractivity contribution in [3.8, 4) is 0 Å². The van der Waals surface area contributed by atoms with Crippen molar-refractivity contribution in [1.82, 2.24) is 24.7 Å². The highest BCUT2D eigenvalue weighted by molar-refractivity contribution is 6.30. The average Bonchev–Trinajstić information content (AvgIpc) is 3.00. The van der Waals surface area contributed by atoms with Gasteiger partial charge in [-0.05, 0) is 74.5 Å². The Morgan fingerprint density at radius 3 is 1.93 bits per heavy atom. The number of benzene rings is 3. The van der Waals surface area contributed by atoms with Crippen LogP contribution in [0, 0.1) is 0 Å². The van der Waals surface area contributed by atoms with Gasteiger partial charge in [0.1, 0.15) is 11.6 Å². The number of piperidine rings is 1. The minimum absolute atomic E-state index is 0.153. The Bertz CT molecular complexity index is 1400. The van der Waals surface area contributed by atoms with Crippen LogP contribution < -0.4 is 4.90 Å². The van der Waals surface area contributed by atoms with Crippen LogP contribution >= 0.6 is 23.2 Å². The van der Waals surface area contributed by atoms with Crippen LogP contribution in [-0.2, 0) is 6.54 Å². The molecule has 0 atom stereocenters. The standard InChI is InChI=1S/C33H38Cl2N6/c1-38(2)28-15-17-41(18-16-28)33-29-5-3-4-6-30(29)36-31(37-33)23-39-19-21-40(22-20-39)32(24-7-11-26(34)12-8-24)25-9-13-27(35)14-10-25/h3-14,28,32H,15-23H2,1-2H3. The molecule has 3 heterocycles. The third-order valence-electron chi connectivity index (χ3n) is 8.63. The quantitative estimate of drug-likeness (QED) is 0.249. The van der Waals surface area contributed by atoms with Crippen molar-refractivity contribution in [3.05, 3.63) is 99.8 Å². The van der Waals surface area contributed by atoms with Crippen LogP contribution in [0.3, 0.4) is 0 Å². The predicted octanol–water partition coefficient (Wildman–Crippen LogP) is 6.37. The summed E-state index contributed by atoms with van der Waals surface area (Å²) in [5.41, 5.74) is 3.52. The van der Waals surface area contributed by atoms with Crippen molar-refractivity contribution >= 4 is 39.9 Å². The molecular formula is C33H38Cl2N6. The van der Waals surface area contributed by atoms with Gasteiger partial charge in [-0.25, -0.2) is 9.97 Å². The van der Waals surface area contributed by atoms with Gasteiger partial charge in [-0.3, -0.25) is 9.80 Å². The first-order valence-electron chi connectivity index (χ1n) is 14.6. The summed E-state index contributed by atoms with van der Waals surface area (Å²) in [6, 6.07) is 25.7. The van der Waals surface area contributed by atoms with Crippen molar-refractivity contribution < 1.29 is 0 Å². The first-order chi connectivity index (χ1) is 19.9. The van der Waals surface area contributed by atoms with Crippen molar-refractivity contribution in [2.75, 3.05) is 58.3 Å². The summed E-state index contributed by atoms with van der Waals surface area (Å²) in [4.78, 5) is 20.1. The molecule has 0 unspecified atom stereocenters. The SMILES string of the molecule is CN(C)C1CCN(c2nc(CN3CCN(C(c4ccc(Cl)cc4)c4ccc(Cl)cc4)CC3)nc3ccccc23)CC1. The lowest BCUT2D eigenvalue weighted by molar-refractivity contribution is 0.103. The van der Waals surface area contributed by atoms with Crippen LogP contribution in [0.4, 0.5) is 5.82 Å². The van der Waals surface area contributed by atoms with Gasteiger partial charge >= 0.3 is 0 Å². The average molecular weight is 590 g/mol. The van der Waals surface area contributed by atoms with Crippen LogP contribution in [0.5, 0.6) is 0 Å². The van der Waals surface area contributed by atoms with E-state index in [-0.39, 0.29) is 6.04 Å². The maximum Gasteiger partial charge on any atom is 0.145 e. The van der Waals surface area contributed by atoms with Gasteiger partial charge in [-0.1, -0.05) is 59.6 Å². The molecule has 3 aromatic carbocycles. The zero-order valence-corrected chi connectivity index (χ0v) is 25.4. The van der Waals surface area contributed by atoms with Gasteiger partial charge < -0.3 is 9.80 Å². The van der Waals surface area contributed by atoms with Crippen LogP contribution in [0.25, 0.3) is 10.9 Å². The molecule has 6 rings (SSSR count). The number of anilines is 1. The lowest BCUT2D eigenvalue weighted by Gasteiger charge is -2.39. The number of fused-ring (bicyclic) bond motifs is 1. The van der Waals surface area contributed by atoms with E-state index in [1.165, 1.54) is 11.1 Å². The molecule has 214 valence electrons. The summed E-state index contributed by atoms with van der Waals surface area (Å²) in [6.45, 7) is 6.63. The van der Waals surface area contributed by atoms with E-state index in [2.05, 4.69) is 82.2 Å². The molecule has 41 heavy (non-hydrogen) atoms. The maximum atomic E-state index is 6.23. The van der Waals surface area contributed by atoms with Crippen LogP contribution in [0.15, 0.2) is 72.8 Å². The number of aromatic nitrogens is 2. The van der Waals surface area contributed by atoms with E-state index in [1.807, 2.05) is 24.3 Å². The van der Waals surface area contributed by atoms with Gasteiger partial charge in [0.2, 0.25) is 0 Å². The molecule has 6 nitrogen and oxygen atoms in total. The summed E-state index contributed by atoms with van der Waals surface area (Å²) in [5, 5.41) is 2.66. The first kappa shape index (κ1) is 28.4. The first-order valence-corrected chi connectivity index (χ1v) is 15.3. The predicted molar refractivity (Wildman–Crippen MR) is 170 cm³/mol. The third-order valence-corrected chi connectivity index (χ3v) is 9.14. The normalized spacial score (nSPS) is 17.7. The molecule has 0 aliphatic carbocycles. The second kappa shape index (κ2) is 12.6. The van der Waals surface area contributed by atoms with Crippen LogP contribution in [-0.4, -0.2) is 84.1 Å². The lowest BCUT2D eigenvalue weighted by atomic mass is 9.96. The molecule has 0 amide bonds. The summed E-state index contributed by atoms with van der Waals surface area (Å²) in [6.07, 6.45) is 2.32. The molecule has 0 saturated carbocycles. The number of hydrogen-bond acceptors (Lipinski definition) is 6. The minimum Gasteiger partial charge on any atom is -0.356 e. The fourth-order valence-electron chi connectivity index (χ4n) is 6.30. The van der Waals surface area contributed by atoms with E-state index < -0.39 is 0 Å². The Hall–Kier alpha value is -2.74. The number of para-hydroxylation sites is 1. The summed E-state index contributed by atoms with van der Waals surface area (Å²) >= 11 is 12.5. The van der Waals surface area contributed by atoms with Crippen LogP contribution in [0.2, 0.25) is 10.0 Å². The molecule has 0 bridgehead atoms. The van der Waals surface area contributed by atoms with E-state index in [9.17, 15) is 0 Å². The highest BCUT2D eigenvalue weighted by atomic mass is 35.5. The van der Waals surface area contributed by atoms with E-state index in [1.54, 1.807) is 0 Å². The second-order valence-electron chi connectivity index (χ2n) is 11.5. The highest BCUT2D eigenvalue weighted by Gasteiger charge is 2.28.